The zero-order valence-electron chi connectivity index (χ0n) is 33.2. The van der Waals surface area contributed by atoms with Gasteiger partial charge in [-0.15, -0.1) is 11.3 Å². The van der Waals surface area contributed by atoms with Crippen LogP contribution in [0.2, 0.25) is 0 Å². The molecule has 3 nitrogen and oxygen atoms in total. The Hall–Kier alpha value is -6.88. The molecule has 1 aliphatic carbocycles. The van der Waals surface area contributed by atoms with Gasteiger partial charge < -0.3 is 4.42 Å². The molecule has 0 radical (unpaired) electrons. The number of allylic oxidation sites excluding steroid dienone is 1. The SMILES string of the molecule is CC1C/C=C(c2c(C3CCc4cc5ccccc5cc4-c4ccccc43)ccc3oc4ccccc4c23)/N=C(c2ccccc2)\N=C/1c1ccc2c(c1)sc1ccccc12. The second kappa shape index (κ2) is 14.1. The van der Waals surface area contributed by atoms with Crippen molar-refractivity contribution in [3.05, 3.63) is 209 Å². The van der Waals surface area contributed by atoms with E-state index >= 15 is 0 Å². The molecule has 8 aromatic carbocycles. The molecule has 10 aromatic rings. The molecule has 3 heterocycles. The average molecular weight is 789 g/mol. The predicted octanol–water partition coefficient (Wildman–Crippen LogP) is 15.2. The van der Waals surface area contributed by atoms with E-state index in [1.165, 1.54) is 58.8 Å². The monoisotopic (exact) mass is 788 g/mol. The van der Waals surface area contributed by atoms with Crippen molar-refractivity contribution in [2.24, 2.45) is 15.9 Å². The minimum atomic E-state index is 0.121. The molecule has 0 N–H and O–H groups in total. The Labute approximate surface area is 352 Å². The van der Waals surface area contributed by atoms with Crippen LogP contribution in [0.15, 0.2) is 190 Å². The minimum Gasteiger partial charge on any atom is -0.456 e. The average Bonchev–Trinajstić information content (AvgIpc) is 3.81. The molecule has 0 saturated carbocycles. The summed E-state index contributed by atoms with van der Waals surface area (Å²) in [5, 5.41) is 7.39. The maximum absolute atomic E-state index is 6.63. The molecule has 0 amide bonds. The van der Waals surface area contributed by atoms with Gasteiger partial charge in [0.05, 0.1) is 11.4 Å². The molecule has 4 heteroatoms. The Balaban J connectivity index is 1.08. The summed E-state index contributed by atoms with van der Waals surface area (Å²) in [5.74, 6) is 0.971. The van der Waals surface area contributed by atoms with Gasteiger partial charge in [-0.05, 0) is 93.7 Å². The standard InChI is InChI=1S/C56H40N2OS/c1-34-23-29-48(57-56(35-13-3-2-4-14-35)58-55(34)39-25-27-44-43-19-10-12-22-51(43)60-52(44)33-39)53-45(28-30-50-54(53)46-20-9-11-21-49(46)59-50)42-26-24-38-31-36-15-5-6-16-37(36)32-47(38)41-18-8-7-17-40(41)42/h2-22,25,27-34,42H,23-24,26H2,1H3/b48-29+,57-56-,58-55+. The lowest BCUT2D eigenvalue weighted by atomic mass is 9.81. The number of para-hydroxylation sites is 1. The molecule has 0 bridgehead atoms. The summed E-state index contributed by atoms with van der Waals surface area (Å²) >= 11 is 1.85. The molecular weight excluding hydrogens is 749 g/mol. The van der Waals surface area contributed by atoms with E-state index in [1.807, 2.05) is 11.3 Å². The zero-order valence-corrected chi connectivity index (χ0v) is 34.0. The smallest absolute Gasteiger partial charge is 0.160 e. The van der Waals surface area contributed by atoms with Gasteiger partial charge in [-0.1, -0.05) is 153 Å². The van der Waals surface area contributed by atoms with Crippen molar-refractivity contribution < 1.29 is 4.42 Å². The lowest BCUT2D eigenvalue weighted by Crippen LogP contribution is -2.17. The van der Waals surface area contributed by atoms with Gasteiger partial charge in [-0.25, -0.2) is 9.98 Å². The first-order valence-corrected chi connectivity index (χ1v) is 21.9. The van der Waals surface area contributed by atoms with E-state index in [1.54, 1.807) is 0 Å². The molecule has 12 rings (SSSR count). The van der Waals surface area contributed by atoms with Gasteiger partial charge in [0.15, 0.2) is 5.84 Å². The third-order valence-electron chi connectivity index (χ3n) is 12.8. The molecular formula is C56H40N2OS. The summed E-state index contributed by atoms with van der Waals surface area (Å²) < 4.78 is 9.22. The molecule has 2 aliphatic rings. The molecule has 0 spiro atoms. The number of benzene rings is 8. The molecule has 0 saturated heterocycles. The number of hydrogen-bond acceptors (Lipinski definition) is 4. The molecule has 2 aromatic heterocycles. The molecule has 286 valence electrons. The van der Waals surface area contributed by atoms with Crippen molar-refractivity contribution in [2.45, 2.75) is 32.1 Å². The van der Waals surface area contributed by atoms with Crippen LogP contribution in [-0.2, 0) is 6.42 Å². The van der Waals surface area contributed by atoms with E-state index in [2.05, 4.69) is 183 Å². The van der Waals surface area contributed by atoms with Gasteiger partial charge in [-0.3, -0.25) is 0 Å². The maximum atomic E-state index is 6.63. The van der Waals surface area contributed by atoms with E-state index in [0.717, 1.165) is 75.1 Å². The molecule has 0 fully saturated rings. The lowest BCUT2D eigenvalue weighted by molar-refractivity contribution is 0.667. The first-order valence-electron chi connectivity index (χ1n) is 21.0. The van der Waals surface area contributed by atoms with Crippen LogP contribution in [0.4, 0.5) is 0 Å². The second-order valence-corrected chi connectivity index (χ2v) is 17.5. The highest BCUT2D eigenvalue weighted by molar-refractivity contribution is 7.25. The van der Waals surface area contributed by atoms with Gasteiger partial charge >= 0.3 is 0 Å². The van der Waals surface area contributed by atoms with Gasteiger partial charge in [0.1, 0.15) is 11.2 Å². The van der Waals surface area contributed by atoms with Crippen LogP contribution in [0, 0.1) is 5.92 Å². The first kappa shape index (κ1) is 35.1. The second-order valence-electron chi connectivity index (χ2n) is 16.4. The fourth-order valence-corrected chi connectivity index (χ4v) is 11.0. The number of rotatable bonds is 4. The molecule has 1 aliphatic heterocycles. The summed E-state index contributed by atoms with van der Waals surface area (Å²) in [6, 6.07) is 61.7. The zero-order chi connectivity index (χ0) is 39.7. The van der Waals surface area contributed by atoms with E-state index in [4.69, 9.17) is 14.4 Å². The van der Waals surface area contributed by atoms with Crippen molar-refractivity contribution in [1.29, 1.82) is 0 Å². The number of amidine groups is 1. The van der Waals surface area contributed by atoms with E-state index in [9.17, 15) is 0 Å². The van der Waals surface area contributed by atoms with Gasteiger partial charge in [0.2, 0.25) is 0 Å². The van der Waals surface area contributed by atoms with E-state index < -0.39 is 0 Å². The van der Waals surface area contributed by atoms with Crippen molar-refractivity contribution >= 4 is 81.5 Å². The summed E-state index contributed by atoms with van der Waals surface area (Å²) in [5.41, 5.74) is 13.7. The summed E-state index contributed by atoms with van der Waals surface area (Å²) in [4.78, 5) is 11.3. The maximum Gasteiger partial charge on any atom is 0.160 e. The Morgan fingerprint density at radius 1 is 0.567 bits per heavy atom. The van der Waals surface area contributed by atoms with E-state index in [-0.39, 0.29) is 11.8 Å². The quantitative estimate of drug-likeness (QED) is 0.175. The summed E-state index contributed by atoms with van der Waals surface area (Å²) in [7, 11) is 0. The fraction of sp³-hybridized carbons (Fsp3) is 0.107. The highest BCUT2D eigenvalue weighted by Crippen LogP contribution is 2.48. The fourth-order valence-electron chi connectivity index (χ4n) is 9.89. The Morgan fingerprint density at radius 2 is 1.32 bits per heavy atom. The van der Waals surface area contributed by atoms with Gasteiger partial charge in [-0.2, -0.15) is 0 Å². The van der Waals surface area contributed by atoms with Crippen LogP contribution in [0.25, 0.3) is 69.7 Å². The van der Waals surface area contributed by atoms with Crippen LogP contribution in [-0.4, -0.2) is 11.5 Å². The number of fused-ring (bicyclic) bond motifs is 10. The molecule has 2 unspecified atom stereocenters. The van der Waals surface area contributed by atoms with Gasteiger partial charge in [0, 0.05) is 53.9 Å². The van der Waals surface area contributed by atoms with Crippen molar-refractivity contribution in [3.8, 4) is 11.1 Å². The Kier molecular flexibility index (Phi) is 8.28. The van der Waals surface area contributed by atoms with Crippen LogP contribution in [0.3, 0.4) is 0 Å². The number of aryl methyl sites for hydroxylation is 1. The highest BCUT2D eigenvalue weighted by Gasteiger charge is 2.30. The third kappa shape index (κ3) is 5.77. The number of nitrogens with zero attached hydrogens (tertiary/aromatic N) is 2. The van der Waals surface area contributed by atoms with Crippen molar-refractivity contribution in [3.63, 3.8) is 0 Å². The number of hydrogen-bond donors (Lipinski definition) is 0. The molecule has 60 heavy (non-hydrogen) atoms. The Bertz CT molecular complexity index is 3440. The largest absolute Gasteiger partial charge is 0.456 e. The summed E-state index contributed by atoms with van der Waals surface area (Å²) in [6.07, 6.45) is 5.10. The van der Waals surface area contributed by atoms with Crippen LogP contribution >= 0.6 is 11.3 Å². The van der Waals surface area contributed by atoms with E-state index in [0.29, 0.717) is 0 Å². The first-order chi connectivity index (χ1) is 29.6. The topological polar surface area (TPSA) is 37.9 Å². The lowest BCUT2D eigenvalue weighted by Gasteiger charge is -2.24. The number of aliphatic imine (C=N–C) groups is 2. The number of furan rings is 1. The third-order valence-corrected chi connectivity index (χ3v) is 13.9. The minimum absolute atomic E-state index is 0.121. The van der Waals surface area contributed by atoms with Crippen LogP contribution in [0.1, 0.15) is 59.1 Å². The molecule has 2 atom stereocenters. The number of thiophene rings is 1. The predicted molar refractivity (Wildman–Crippen MR) is 254 cm³/mol. The van der Waals surface area contributed by atoms with Crippen LogP contribution < -0.4 is 0 Å². The highest BCUT2D eigenvalue weighted by atomic mass is 32.1. The normalized spacial score (nSPS) is 19.4. The van der Waals surface area contributed by atoms with Gasteiger partial charge in [0.25, 0.3) is 0 Å². The van der Waals surface area contributed by atoms with Crippen LogP contribution in [0.5, 0.6) is 0 Å². The Morgan fingerprint density at radius 3 is 2.22 bits per heavy atom. The van der Waals surface area contributed by atoms with Crippen molar-refractivity contribution in [1.82, 2.24) is 0 Å². The summed E-state index contributed by atoms with van der Waals surface area (Å²) in [6.45, 7) is 2.31. The van der Waals surface area contributed by atoms with Crippen molar-refractivity contribution in [2.75, 3.05) is 0 Å².